The number of rotatable bonds is 5. The lowest BCUT2D eigenvalue weighted by Crippen LogP contribution is -2.33. The van der Waals surface area contributed by atoms with Gasteiger partial charge in [-0.1, -0.05) is 67.3 Å². The summed E-state index contributed by atoms with van der Waals surface area (Å²) in [7, 11) is 0. The number of amides is 1. The van der Waals surface area contributed by atoms with Crippen LogP contribution in [-0.4, -0.2) is 32.7 Å². The first kappa shape index (κ1) is 16.5. The minimum atomic E-state index is -1.08. The maximum Gasteiger partial charge on any atom is 0.323 e. The number of aliphatic carboxylic acids is 1. The quantitative estimate of drug-likeness (QED) is 0.663. The molecule has 1 saturated heterocycles. The second kappa shape index (κ2) is 7.38. The lowest BCUT2D eigenvalue weighted by Gasteiger charge is -2.09. The van der Waals surface area contributed by atoms with Gasteiger partial charge < -0.3 is 5.11 Å². The number of thioether (sulfide) groups is 1. The van der Waals surface area contributed by atoms with E-state index >= 15 is 0 Å². The minimum Gasteiger partial charge on any atom is -0.480 e. The van der Waals surface area contributed by atoms with Crippen molar-refractivity contribution in [2.45, 2.75) is 13.3 Å². The Morgan fingerprint density at radius 1 is 1.41 bits per heavy atom. The molecule has 0 aromatic heterocycles. The van der Waals surface area contributed by atoms with E-state index in [1.807, 2.05) is 24.3 Å². The number of hydrogen-bond donors (Lipinski definition) is 1. The van der Waals surface area contributed by atoms with E-state index in [2.05, 4.69) is 13.0 Å². The molecular weight excluding hydrogens is 318 g/mol. The summed E-state index contributed by atoms with van der Waals surface area (Å²) in [5, 5.41) is 8.78. The van der Waals surface area contributed by atoms with Crippen LogP contribution in [0, 0.1) is 0 Å². The van der Waals surface area contributed by atoms with Crippen molar-refractivity contribution in [2.75, 3.05) is 6.54 Å². The SMILES string of the molecule is CCc1ccccc1C=CC=C1SC(=S)N(CC(=O)O)C1=O. The fraction of sp³-hybridized carbons (Fsp3) is 0.188. The monoisotopic (exact) mass is 333 g/mol. The third kappa shape index (κ3) is 3.84. The molecule has 0 aliphatic carbocycles. The van der Waals surface area contributed by atoms with Gasteiger partial charge in [0.1, 0.15) is 10.9 Å². The van der Waals surface area contributed by atoms with E-state index in [1.165, 1.54) is 5.56 Å². The van der Waals surface area contributed by atoms with Crippen LogP contribution < -0.4 is 0 Å². The zero-order valence-corrected chi connectivity index (χ0v) is 13.6. The van der Waals surface area contributed by atoms with Gasteiger partial charge >= 0.3 is 5.97 Å². The van der Waals surface area contributed by atoms with Gasteiger partial charge in [-0.15, -0.1) is 0 Å². The number of thiocarbonyl (C=S) groups is 1. The van der Waals surface area contributed by atoms with Crippen molar-refractivity contribution in [2.24, 2.45) is 0 Å². The Labute approximate surface area is 138 Å². The van der Waals surface area contributed by atoms with E-state index in [-0.39, 0.29) is 10.2 Å². The number of hydrogen-bond acceptors (Lipinski definition) is 4. The highest BCUT2D eigenvalue weighted by Crippen LogP contribution is 2.30. The van der Waals surface area contributed by atoms with Gasteiger partial charge in [0.2, 0.25) is 0 Å². The number of benzene rings is 1. The molecule has 1 aliphatic heterocycles. The molecule has 2 rings (SSSR count). The number of nitrogens with zero attached hydrogens (tertiary/aromatic N) is 1. The number of carboxylic acid groups (broad SMARTS) is 1. The number of aryl methyl sites for hydroxylation is 1. The summed E-state index contributed by atoms with van der Waals surface area (Å²) in [4.78, 5) is 24.3. The predicted octanol–water partition coefficient (Wildman–Crippen LogP) is 3.09. The van der Waals surface area contributed by atoms with Gasteiger partial charge in [0.15, 0.2) is 0 Å². The van der Waals surface area contributed by atoms with Crippen molar-refractivity contribution in [3.8, 4) is 0 Å². The number of carbonyl (C=O) groups excluding carboxylic acids is 1. The standard InChI is InChI=1S/C16H15NO3S2/c1-2-11-6-3-4-7-12(11)8-5-9-13-15(20)17(10-14(18)19)16(21)22-13/h3-9H,2,10H2,1H3,(H,18,19). The highest BCUT2D eigenvalue weighted by Gasteiger charge is 2.32. The lowest BCUT2D eigenvalue weighted by atomic mass is 10.1. The molecule has 0 saturated carbocycles. The Morgan fingerprint density at radius 2 is 2.14 bits per heavy atom. The van der Waals surface area contributed by atoms with Crippen LogP contribution in [0.25, 0.3) is 6.08 Å². The molecule has 0 bridgehead atoms. The van der Waals surface area contributed by atoms with Crippen molar-refractivity contribution in [3.63, 3.8) is 0 Å². The van der Waals surface area contributed by atoms with Crippen LogP contribution in [0.15, 0.2) is 41.3 Å². The molecule has 6 heteroatoms. The molecule has 1 aromatic rings. The number of carbonyl (C=O) groups is 2. The van der Waals surface area contributed by atoms with Gasteiger partial charge in [0, 0.05) is 0 Å². The molecule has 1 amide bonds. The van der Waals surface area contributed by atoms with Crippen molar-refractivity contribution in [3.05, 3.63) is 52.4 Å². The summed E-state index contributed by atoms with van der Waals surface area (Å²) < 4.78 is 0.279. The van der Waals surface area contributed by atoms with Crippen LogP contribution in [0.4, 0.5) is 0 Å². The molecule has 4 nitrogen and oxygen atoms in total. The Bertz CT molecular complexity index is 680. The molecule has 0 unspecified atom stereocenters. The normalized spacial score (nSPS) is 17.0. The van der Waals surface area contributed by atoms with Crippen LogP contribution in [0.3, 0.4) is 0 Å². The molecule has 0 atom stereocenters. The topological polar surface area (TPSA) is 57.6 Å². The molecule has 1 aromatic carbocycles. The predicted molar refractivity (Wildman–Crippen MR) is 92.5 cm³/mol. The molecule has 1 fully saturated rings. The molecule has 0 radical (unpaired) electrons. The largest absolute Gasteiger partial charge is 0.480 e. The lowest BCUT2D eigenvalue weighted by molar-refractivity contribution is -0.140. The highest BCUT2D eigenvalue weighted by atomic mass is 32.2. The van der Waals surface area contributed by atoms with E-state index in [1.54, 1.807) is 12.2 Å². The Morgan fingerprint density at radius 3 is 2.82 bits per heavy atom. The summed E-state index contributed by atoms with van der Waals surface area (Å²) in [6.07, 6.45) is 6.33. The van der Waals surface area contributed by atoms with Gasteiger partial charge in [-0.3, -0.25) is 14.5 Å². The Hall–Kier alpha value is -1.92. The Kier molecular flexibility index (Phi) is 5.51. The smallest absolute Gasteiger partial charge is 0.323 e. The summed E-state index contributed by atoms with van der Waals surface area (Å²) in [6, 6.07) is 8.03. The van der Waals surface area contributed by atoms with Gasteiger partial charge in [-0.05, 0) is 23.6 Å². The highest BCUT2D eigenvalue weighted by molar-refractivity contribution is 8.26. The molecule has 1 N–H and O–H groups in total. The third-order valence-corrected chi connectivity index (χ3v) is 4.52. The van der Waals surface area contributed by atoms with Crippen LogP contribution >= 0.6 is 24.0 Å². The van der Waals surface area contributed by atoms with E-state index in [4.69, 9.17) is 17.3 Å². The first-order valence-electron chi connectivity index (χ1n) is 6.74. The molecule has 1 heterocycles. The van der Waals surface area contributed by atoms with Crippen molar-refractivity contribution >= 4 is 46.3 Å². The summed E-state index contributed by atoms with van der Waals surface area (Å²) in [6.45, 7) is 1.69. The van der Waals surface area contributed by atoms with E-state index in [9.17, 15) is 9.59 Å². The third-order valence-electron chi connectivity index (χ3n) is 3.13. The summed E-state index contributed by atoms with van der Waals surface area (Å²) >= 11 is 6.16. The Balaban J connectivity index is 2.14. The van der Waals surface area contributed by atoms with Crippen molar-refractivity contribution in [1.82, 2.24) is 4.90 Å². The number of carboxylic acids is 1. The second-order valence-corrected chi connectivity index (χ2v) is 6.27. The van der Waals surface area contributed by atoms with Gasteiger partial charge in [-0.2, -0.15) is 0 Å². The number of allylic oxidation sites excluding steroid dienone is 2. The first-order chi connectivity index (χ1) is 10.5. The summed E-state index contributed by atoms with van der Waals surface area (Å²) in [5.74, 6) is -1.43. The van der Waals surface area contributed by atoms with Crippen LogP contribution in [0.1, 0.15) is 18.1 Å². The van der Waals surface area contributed by atoms with Crippen molar-refractivity contribution in [1.29, 1.82) is 0 Å². The second-order valence-electron chi connectivity index (χ2n) is 4.60. The van der Waals surface area contributed by atoms with E-state index in [0.717, 1.165) is 28.6 Å². The van der Waals surface area contributed by atoms with Crippen LogP contribution in [0.5, 0.6) is 0 Å². The fourth-order valence-electron chi connectivity index (χ4n) is 2.04. The molecule has 0 spiro atoms. The molecule has 22 heavy (non-hydrogen) atoms. The zero-order valence-electron chi connectivity index (χ0n) is 12.0. The maximum atomic E-state index is 12.1. The van der Waals surface area contributed by atoms with Gasteiger partial charge in [0.05, 0.1) is 4.91 Å². The van der Waals surface area contributed by atoms with Crippen LogP contribution in [0.2, 0.25) is 0 Å². The van der Waals surface area contributed by atoms with E-state index in [0.29, 0.717) is 4.91 Å². The molecule has 114 valence electrons. The first-order valence-corrected chi connectivity index (χ1v) is 7.97. The average Bonchev–Trinajstić information content (AvgIpc) is 2.75. The zero-order chi connectivity index (χ0) is 16.1. The minimum absolute atomic E-state index is 0.279. The van der Waals surface area contributed by atoms with Gasteiger partial charge in [-0.25, -0.2) is 0 Å². The van der Waals surface area contributed by atoms with Crippen LogP contribution in [-0.2, 0) is 16.0 Å². The van der Waals surface area contributed by atoms with E-state index < -0.39 is 12.5 Å². The maximum absolute atomic E-state index is 12.1. The fourth-order valence-corrected chi connectivity index (χ4v) is 3.25. The average molecular weight is 333 g/mol. The molecule has 1 aliphatic rings. The summed E-state index contributed by atoms with van der Waals surface area (Å²) in [5.41, 5.74) is 2.33. The van der Waals surface area contributed by atoms with Gasteiger partial charge in [0.25, 0.3) is 5.91 Å². The van der Waals surface area contributed by atoms with Crippen molar-refractivity contribution < 1.29 is 14.7 Å². The molecular formula is C16H15NO3S2.